The number of aromatic nitrogens is 2. The maximum absolute atomic E-state index is 6.22. The summed E-state index contributed by atoms with van der Waals surface area (Å²) < 4.78 is 0.939. The topological polar surface area (TPSA) is 65.1 Å². The van der Waals surface area contributed by atoms with E-state index in [0.717, 1.165) is 47.6 Å². The molecule has 0 amide bonds. The van der Waals surface area contributed by atoms with Gasteiger partial charge in [0.05, 0.1) is 16.2 Å². The Bertz CT molecular complexity index is 1060. The van der Waals surface area contributed by atoms with E-state index in [1.807, 2.05) is 48.5 Å². The molecule has 1 aromatic carbocycles. The average molecular weight is 582 g/mol. The van der Waals surface area contributed by atoms with E-state index >= 15 is 0 Å². The Morgan fingerprint density at radius 3 is 2.65 bits per heavy atom. The summed E-state index contributed by atoms with van der Waals surface area (Å²) in [5.41, 5.74) is 1.07. The van der Waals surface area contributed by atoms with Crippen LogP contribution in [0.4, 0.5) is 11.6 Å². The van der Waals surface area contributed by atoms with E-state index in [-0.39, 0.29) is 6.17 Å². The SMILES string of the molecule is CCC(NC(=S)NCCCN(Cc1ccc(Cl)c(Cl)c1)c1ccc(Br)cn1)Nc1ccccn1. The van der Waals surface area contributed by atoms with Crippen molar-refractivity contribution in [2.24, 2.45) is 0 Å². The van der Waals surface area contributed by atoms with Gasteiger partial charge in [-0.25, -0.2) is 9.97 Å². The molecule has 2 heterocycles. The molecule has 2 aromatic heterocycles. The Balaban J connectivity index is 1.52. The lowest BCUT2D eigenvalue weighted by atomic mass is 10.2. The van der Waals surface area contributed by atoms with Gasteiger partial charge in [0.25, 0.3) is 0 Å². The first kappa shape index (κ1) is 26.5. The van der Waals surface area contributed by atoms with E-state index in [1.165, 1.54) is 0 Å². The van der Waals surface area contributed by atoms with E-state index in [1.54, 1.807) is 12.4 Å². The fraction of sp³-hybridized carbons (Fsp3) is 0.292. The molecule has 0 aliphatic carbocycles. The second-order valence-corrected chi connectivity index (χ2v) is 9.72. The monoisotopic (exact) mass is 580 g/mol. The quantitative estimate of drug-likeness (QED) is 0.140. The number of pyridine rings is 2. The first-order valence-corrected chi connectivity index (χ1v) is 12.9. The van der Waals surface area contributed by atoms with E-state index in [0.29, 0.717) is 21.7 Å². The molecule has 0 fully saturated rings. The molecule has 180 valence electrons. The summed E-state index contributed by atoms with van der Waals surface area (Å²) in [7, 11) is 0. The number of hydrogen-bond acceptors (Lipinski definition) is 5. The van der Waals surface area contributed by atoms with Gasteiger partial charge in [0.1, 0.15) is 11.6 Å². The number of nitrogens with one attached hydrogen (secondary N) is 3. The summed E-state index contributed by atoms with van der Waals surface area (Å²) in [5.74, 6) is 1.70. The highest BCUT2D eigenvalue weighted by Crippen LogP contribution is 2.24. The molecule has 3 rings (SSSR count). The third-order valence-electron chi connectivity index (χ3n) is 4.98. The molecular formula is C24H27BrCl2N6S. The number of nitrogens with zero attached hydrogens (tertiary/aromatic N) is 3. The molecule has 10 heteroatoms. The molecule has 0 spiro atoms. The Hall–Kier alpha value is -2.13. The van der Waals surface area contributed by atoms with Crippen molar-refractivity contribution in [2.75, 3.05) is 23.3 Å². The highest BCUT2D eigenvalue weighted by molar-refractivity contribution is 9.10. The second kappa shape index (κ2) is 13.7. The van der Waals surface area contributed by atoms with Crippen LogP contribution in [0.1, 0.15) is 25.3 Å². The fourth-order valence-electron chi connectivity index (χ4n) is 3.24. The van der Waals surface area contributed by atoms with Crippen LogP contribution in [-0.2, 0) is 6.54 Å². The minimum absolute atomic E-state index is 0.00647. The number of thiocarbonyl (C=S) groups is 1. The van der Waals surface area contributed by atoms with E-state index in [2.05, 4.69) is 53.7 Å². The lowest BCUT2D eigenvalue weighted by Gasteiger charge is -2.25. The maximum atomic E-state index is 6.22. The van der Waals surface area contributed by atoms with Crippen molar-refractivity contribution in [2.45, 2.75) is 32.5 Å². The summed E-state index contributed by atoms with van der Waals surface area (Å²) in [6.07, 6.45) is 5.27. The van der Waals surface area contributed by atoms with Crippen molar-refractivity contribution in [3.05, 3.63) is 81.0 Å². The molecule has 0 aliphatic heterocycles. The molecule has 34 heavy (non-hydrogen) atoms. The van der Waals surface area contributed by atoms with Gasteiger partial charge in [-0.2, -0.15) is 0 Å². The largest absolute Gasteiger partial charge is 0.363 e. The average Bonchev–Trinajstić information content (AvgIpc) is 2.84. The Morgan fingerprint density at radius 2 is 1.97 bits per heavy atom. The van der Waals surface area contributed by atoms with Crippen LogP contribution in [0.5, 0.6) is 0 Å². The molecule has 6 nitrogen and oxygen atoms in total. The van der Waals surface area contributed by atoms with Crippen molar-refractivity contribution in [3.8, 4) is 0 Å². The van der Waals surface area contributed by atoms with Gasteiger partial charge in [-0.05, 0) is 83.0 Å². The fourth-order valence-corrected chi connectivity index (χ4v) is 4.04. The third kappa shape index (κ3) is 8.58. The Morgan fingerprint density at radius 1 is 1.12 bits per heavy atom. The van der Waals surface area contributed by atoms with Crippen molar-refractivity contribution >= 4 is 68.1 Å². The van der Waals surface area contributed by atoms with E-state index in [9.17, 15) is 0 Å². The molecule has 0 saturated carbocycles. The summed E-state index contributed by atoms with van der Waals surface area (Å²) in [6.45, 7) is 4.26. The number of halogens is 3. The van der Waals surface area contributed by atoms with E-state index < -0.39 is 0 Å². The number of benzene rings is 1. The number of anilines is 2. The van der Waals surface area contributed by atoms with Crippen molar-refractivity contribution < 1.29 is 0 Å². The van der Waals surface area contributed by atoms with Gasteiger partial charge in [0, 0.05) is 36.5 Å². The molecule has 3 aromatic rings. The van der Waals surface area contributed by atoms with Crippen molar-refractivity contribution in [3.63, 3.8) is 0 Å². The maximum Gasteiger partial charge on any atom is 0.167 e. The number of rotatable bonds is 11. The Labute approximate surface area is 224 Å². The van der Waals surface area contributed by atoms with Crippen LogP contribution in [0.15, 0.2) is 65.4 Å². The normalized spacial score (nSPS) is 11.5. The molecule has 0 aliphatic rings. The highest BCUT2D eigenvalue weighted by atomic mass is 79.9. The van der Waals surface area contributed by atoms with Crippen LogP contribution >= 0.6 is 51.3 Å². The molecule has 1 atom stereocenters. The van der Waals surface area contributed by atoms with E-state index in [4.69, 9.17) is 35.4 Å². The van der Waals surface area contributed by atoms with Gasteiger partial charge < -0.3 is 20.9 Å². The standard InChI is InChI=1S/C24H27BrCl2N6S/c1-2-21(31-22-6-3-4-11-28-22)32-24(34)29-12-5-13-33(23-10-8-18(25)15-30-23)16-17-7-9-19(26)20(27)14-17/h3-4,6-11,14-15,21H,2,5,12-13,16H2,1H3,(H,28,31)(H2,29,32,34). The van der Waals surface area contributed by atoms with Crippen molar-refractivity contribution in [1.82, 2.24) is 20.6 Å². The first-order valence-electron chi connectivity index (χ1n) is 11.0. The van der Waals surface area contributed by atoms with Gasteiger partial charge in [-0.3, -0.25) is 0 Å². The van der Waals surface area contributed by atoms with Crippen LogP contribution < -0.4 is 20.9 Å². The Kier molecular flexibility index (Phi) is 10.7. The molecule has 1 unspecified atom stereocenters. The smallest absolute Gasteiger partial charge is 0.167 e. The molecule has 0 bridgehead atoms. The minimum Gasteiger partial charge on any atom is -0.363 e. The zero-order valence-corrected chi connectivity index (χ0v) is 22.7. The number of hydrogen-bond donors (Lipinski definition) is 3. The molecule has 0 radical (unpaired) electrons. The zero-order valence-electron chi connectivity index (χ0n) is 18.8. The molecule has 3 N–H and O–H groups in total. The van der Waals surface area contributed by atoms with Gasteiger partial charge >= 0.3 is 0 Å². The summed E-state index contributed by atoms with van der Waals surface area (Å²) in [6, 6.07) is 15.4. The van der Waals surface area contributed by atoms with Crippen LogP contribution in [-0.4, -0.2) is 34.3 Å². The van der Waals surface area contributed by atoms with Gasteiger partial charge in [-0.15, -0.1) is 0 Å². The predicted molar refractivity (Wildman–Crippen MR) is 150 cm³/mol. The third-order valence-corrected chi connectivity index (χ3v) is 6.45. The van der Waals surface area contributed by atoms with Crippen LogP contribution in [0.25, 0.3) is 0 Å². The minimum atomic E-state index is -0.00647. The summed E-state index contributed by atoms with van der Waals surface area (Å²) in [4.78, 5) is 11.1. The van der Waals surface area contributed by atoms with Crippen LogP contribution in [0.2, 0.25) is 10.0 Å². The lowest BCUT2D eigenvalue weighted by Crippen LogP contribution is -2.46. The lowest BCUT2D eigenvalue weighted by molar-refractivity contribution is 0.635. The van der Waals surface area contributed by atoms with Gasteiger partial charge in [-0.1, -0.05) is 42.3 Å². The summed E-state index contributed by atoms with van der Waals surface area (Å²) in [5, 5.41) is 11.6. The predicted octanol–water partition coefficient (Wildman–Crippen LogP) is 6.25. The summed E-state index contributed by atoms with van der Waals surface area (Å²) >= 11 is 21.2. The first-order chi connectivity index (χ1) is 16.4. The highest BCUT2D eigenvalue weighted by Gasteiger charge is 2.11. The zero-order chi connectivity index (χ0) is 24.3. The van der Waals surface area contributed by atoms with Gasteiger partial charge in [0.2, 0.25) is 0 Å². The van der Waals surface area contributed by atoms with Crippen LogP contribution in [0.3, 0.4) is 0 Å². The van der Waals surface area contributed by atoms with Gasteiger partial charge in [0.15, 0.2) is 5.11 Å². The second-order valence-electron chi connectivity index (χ2n) is 7.58. The molecular weight excluding hydrogens is 555 g/mol. The van der Waals surface area contributed by atoms with Crippen LogP contribution in [0, 0.1) is 0 Å². The molecule has 0 saturated heterocycles. The van der Waals surface area contributed by atoms with Crippen molar-refractivity contribution in [1.29, 1.82) is 0 Å².